The van der Waals surface area contributed by atoms with Crippen molar-refractivity contribution in [2.45, 2.75) is 132 Å². The van der Waals surface area contributed by atoms with Gasteiger partial charge in [0, 0.05) is 5.56 Å². The van der Waals surface area contributed by atoms with Crippen LogP contribution in [0.15, 0.2) is 0 Å². The molecular weight excluding hydrogens is 450 g/mol. The van der Waals surface area contributed by atoms with Crippen LogP contribution >= 0.6 is 0 Å². The maximum Gasteiger partial charge on any atom is 0.317 e. The van der Waals surface area contributed by atoms with E-state index in [0.717, 1.165) is 59.5 Å². The number of phenols is 1. The van der Waals surface area contributed by atoms with Crippen molar-refractivity contribution in [2.24, 2.45) is 23.5 Å². The second kappa shape index (κ2) is 15.5. The van der Waals surface area contributed by atoms with Crippen LogP contribution in [0.1, 0.15) is 121 Å². The normalized spacial score (nSPS) is 18.6. The molecule has 0 aromatic heterocycles. The summed E-state index contributed by atoms with van der Waals surface area (Å²) in [6.45, 7) is 17.7. The lowest BCUT2D eigenvalue weighted by molar-refractivity contribution is -0.135. The molecule has 36 heavy (non-hydrogen) atoms. The fourth-order valence-electron chi connectivity index (χ4n) is 5.27. The number of carboxylic acids is 1. The molecular formula is C31H55NO4. The van der Waals surface area contributed by atoms with Crippen molar-refractivity contribution in [3.8, 4) is 11.5 Å². The van der Waals surface area contributed by atoms with Gasteiger partial charge in [0.1, 0.15) is 17.1 Å². The SMILES string of the molecule is Cc1c(C)c2c(c(C)c1O)CC[C@@](C)(CCC[C@H](C)CCC[C@H](C)CCCC(C)C)O2.NCC(=O)O. The van der Waals surface area contributed by atoms with Crippen LogP contribution in [0.5, 0.6) is 11.5 Å². The molecule has 5 heteroatoms. The van der Waals surface area contributed by atoms with Crippen LogP contribution in [0.2, 0.25) is 0 Å². The maximum atomic E-state index is 10.4. The van der Waals surface area contributed by atoms with Crippen LogP contribution in [0.25, 0.3) is 0 Å². The maximum absolute atomic E-state index is 10.4. The molecule has 1 heterocycles. The zero-order valence-electron chi connectivity index (χ0n) is 24.5. The molecule has 0 fully saturated rings. The summed E-state index contributed by atoms with van der Waals surface area (Å²) in [4.78, 5) is 9.24. The Morgan fingerprint density at radius 3 is 1.92 bits per heavy atom. The highest BCUT2D eigenvalue weighted by Gasteiger charge is 2.34. The minimum atomic E-state index is -0.968. The Bertz CT molecular complexity index is 820. The zero-order valence-corrected chi connectivity index (χ0v) is 24.5. The van der Waals surface area contributed by atoms with Crippen LogP contribution in [0, 0.1) is 38.5 Å². The zero-order chi connectivity index (χ0) is 27.5. The average molecular weight is 506 g/mol. The molecule has 1 aliphatic rings. The molecule has 0 aliphatic carbocycles. The molecule has 1 aromatic carbocycles. The molecule has 0 radical (unpaired) electrons. The van der Waals surface area contributed by atoms with E-state index in [2.05, 4.69) is 47.3 Å². The number of rotatable bonds is 13. The highest BCUT2D eigenvalue weighted by atomic mass is 16.5. The summed E-state index contributed by atoms with van der Waals surface area (Å²) in [5.74, 6) is 3.07. The van der Waals surface area contributed by atoms with E-state index in [-0.39, 0.29) is 12.1 Å². The Balaban J connectivity index is 0.00000118. The Morgan fingerprint density at radius 1 is 0.917 bits per heavy atom. The highest BCUT2D eigenvalue weighted by Crippen LogP contribution is 2.44. The second-order valence-corrected chi connectivity index (χ2v) is 12.0. The minimum Gasteiger partial charge on any atom is -0.507 e. The quantitative estimate of drug-likeness (QED) is 0.254. The fraction of sp³-hybridized carbons (Fsp3) is 0.774. The predicted molar refractivity (Wildman–Crippen MR) is 151 cm³/mol. The van der Waals surface area contributed by atoms with E-state index in [0.29, 0.717) is 5.75 Å². The van der Waals surface area contributed by atoms with Gasteiger partial charge in [0.2, 0.25) is 0 Å². The molecule has 208 valence electrons. The Labute approximate surface area is 221 Å². The van der Waals surface area contributed by atoms with Crippen molar-refractivity contribution in [1.82, 2.24) is 0 Å². The van der Waals surface area contributed by atoms with Crippen molar-refractivity contribution in [2.75, 3.05) is 6.54 Å². The Hall–Kier alpha value is -1.75. The van der Waals surface area contributed by atoms with Gasteiger partial charge in [-0.05, 0) is 87.8 Å². The number of aromatic hydroxyl groups is 1. The van der Waals surface area contributed by atoms with Gasteiger partial charge in [0.15, 0.2) is 0 Å². The number of phenolic OH excluding ortho intramolecular Hbond substituents is 1. The van der Waals surface area contributed by atoms with Gasteiger partial charge in [-0.1, -0.05) is 72.6 Å². The fourth-order valence-corrected chi connectivity index (χ4v) is 5.27. The summed E-state index contributed by atoms with van der Waals surface area (Å²) in [6, 6.07) is 0. The highest BCUT2D eigenvalue weighted by molar-refractivity contribution is 5.68. The largest absolute Gasteiger partial charge is 0.507 e. The topological polar surface area (TPSA) is 92.8 Å². The molecule has 5 nitrogen and oxygen atoms in total. The third-order valence-corrected chi connectivity index (χ3v) is 8.04. The van der Waals surface area contributed by atoms with E-state index < -0.39 is 5.97 Å². The first-order chi connectivity index (χ1) is 16.8. The molecule has 4 N–H and O–H groups in total. The number of benzene rings is 1. The van der Waals surface area contributed by atoms with Crippen molar-refractivity contribution < 1.29 is 19.7 Å². The van der Waals surface area contributed by atoms with Crippen LogP contribution in [0.3, 0.4) is 0 Å². The molecule has 1 aliphatic heterocycles. The molecule has 3 atom stereocenters. The number of nitrogens with two attached hydrogens (primary N) is 1. The standard InChI is InChI=1S/C29H50O2.C2H5NO2/c1-20(2)12-9-13-21(3)14-10-15-22(4)16-11-18-29(8)19-17-26-25(7)27(30)23(5)24(6)28(26)31-29;3-1-2(4)5/h20-22,30H,9-19H2,1-8H3;1,3H2,(H,4,5)/t21-,22-,29-;/m1./s1. The molecule has 2 rings (SSSR count). The second-order valence-electron chi connectivity index (χ2n) is 12.0. The Kier molecular flexibility index (Phi) is 13.9. The smallest absolute Gasteiger partial charge is 0.317 e. The van der Waals surface area contributed by atoms with Crippen molar-refractivity contribution in [1.29, 1.82) is 0 Å². The Morgan fingerprint density at radius 2 is 1.42 bits per heavy atom. The molecule has 0 saturated heterocycles. The molecule has 0 amide bonds. The van der Waals surface area contributed by atoms with E-state index in [1.807, 2.05) is 13.8 Å². The van der Waals surface area contributed by atoms with E-state index in [1.165, 1.54) is 56.9 Å². The van der Waals surface area contributed by atoms with Crippen molar-refractivity contribution in [3.05, 3.63) is 22.3 Å². The number of carbonyl (C=O) groups is 1. The van der Waals surface area contributed by atoms with E-state index in [1.54, 1.807) is 0 Å². The number of aliphatic carboxylic acids is 1. The summed E-state index contributed by atoms with van der Waals surface area (Å²) < 4.78 is 6.60. The lowest BCUT2D eigenvalue weighted by Gasteiger charge is -2.38. The summed E-state index contributed by atoms with van der Waals surface area (Å²) in [5.41, 5.74) is 8.80. The first kappa shape index (κ1) is 32.3. The third-order valence-electron chi connectivity index (χ3n) is 8.04. The molecule has 0 spiro atoms. The predicted octanol–water partition coefficient (Wildman–Crippen LogP) is 7.87. The van der Waals surface area contributed by atoms with Crippen LogP contribution in [-0.2, 0) is 11.2 Å². The van der Waals surface area contributed by atoms with Gasteiger partial charge >= 0.3 is 5.97 Å². The lowest BCUT2D eigenvalue weighted by Crippen LogP contribution is -2.37. The molecule has 0 bridgehead atoms. The third kappa shape index (κ3) is 10.7. The monoisotopic (exact) mass is 505 g/mol. The molecule has 1 aromatic rings. The van der Waals surface area contributed by atoms with Crippen LogP contribution < -0.4 is 10.5 Å². The summed E-state index contributed by atoms with van der Waals surface area (Å²) in [5, 5.41) is 18.0. The molecule has 0 saturated carbocycles. The summed E-state index contributed by atoms with van der Waals surface area (Å²) >= 11 is 0. The lowest BCUT2D eigenvalue weighted by atomic mass is 9.84. The first-order valence-electron chi connectivity index (χ1n) is 14.2. The number of hydrogen-bond acceptors (Lipinski definition) is 4. The van der Waals surface area contributed by atoms with Gasteiger partial charge in [-0.15, -0.1) is 0 Å². The number of fused-ring (bicyclic) bond motifs is 1. The van der Waals surface area contributed by atoms with Crippen molar-refractivity contribution in [3.63, 3.8) is 0 Å². The van der Waals surface area contributed by atoms with Crippen LogP contribution in [-0.4, -0.2) is 28.3 Å². The van der Waals surface area contributed by atoms with Gasteiger partial charge in [-0.25, -0.2) is 0 Å². The molecule has 0 unspecified atom stereocenters. The van der Waals surface area contributed by atoms with E-state index >= 15 is 0 Å². The van der Waals surface area contributed by atoms with Gasteiger partial charge in [-0.3, -0.25) is 4.79 Å². The van der Waals surface area contributed by atoms with Crippen molar-refractivity contribution >= 4 is 5.97 Å². The van der Waals surface area contributed by atoms with Crippen LogP contribution in [0.4, 0.5) is 0 Å². The minimum absolute atomic E-state index is 0.0712. The number of hydrogen-bond donors (Lipinski definition) is 3. The van der Waals surface area contributed by atoms with E-state index in [4.69, 9.17) is 9.84 Å². The number of carboxylic acid groups (broad SMARTS) is 1. The number of ether oxygens (including phenoxy) is 1. The first-order valence-corrected chi connectivity index (χ1v) is 14.2. The van der Waals surface area contributed by atoms with Gasteiger partial charge in [0.25, 0.3) is 0 Å². The van der Waals surface area contributed by atoms with E-state index in [9.17, 15) is 9.90 Å². The van der Waals surface area contributed by atoms with Gasteiger partial charge < -0.3 is 20.7 Å². The summed E-state index contributed by atoms with van der Waals surface area (Å²) in [6.07, 6.45) is 14.1. The van der Waals surface area contributed by atoms with Gasteiger partial charge in [0.05, 0.1) is 6.54 Å². The summed E-state index contributed by atoms with van der Waals surface area (Å²) in [7, 11) is 0. The average Bonchev–Trinajstić information content (AvgIpc) is 2.81. The van der Waals surface area contributed by atoms with Gasteiger partial charge in [-0.2, -0.15) is 0 Å².